The van der Waals surface area contributed by atoms with Crippen LogP contribution in [0.2, 0.25) is 0 Å². The van der Waals surface area contributed by atoms with Crippen molar-refractivity contribution in [2.75, 3.05) is 13.2 Å². The Hall–Kier alpha value is -1.60. The Balaban J connectivity index is 2.27. The summed E-state index contributed by atoms with van der Waals surface area (Å²) in [7, 11) is -3.64. The van der Waals surface area contributed by atoms with Crippen molar-refractivity contribution < 1.29 is 23.1 Å². The van der Waals surface area contributed by atoms with Gasteiger partial charge in [-0.1, -0.05) is 0 Å². The molecule has 0 saturated carbocycles. The first-order valence-corrected chi connectivity index (χ1v) is 9.19. The van der Waals surface area contributed by atoms with Crippen LogP contribution in [-0.4, -0.2) is 43.0 Å². The lowest BCUT2D eigenvalue weighted by Gasteiger charge is -2.35. The summed E-state index contributed by atoms with van der Waals surface area (Å²) in [6.45, 7) is 6.12. The zero-order chi connectivity index (χ0) is 17.2. The molecule has 1 heterocycles. The monoisotopic (exact) mass is 341 g/mol. The molecule has 1 fully saturated rings. The molecule has 23 heavy (non-hydrogen) atoms. The van der Waals surface area contributed by atoms with Gasteiger partial charge in [-0.25, -0.2) is 8.42 Å². The van der Waals surface area contributed by atoms with Gasteiger partial charge in [-0.3, -0.25) is 4.79 Å². The van der Waals surface area contributed by atoms with E-state index in [1.54, 1.807) is 32.0 Å². The Kier molecular flexibility index (Phi) is 5.31. The van der Waals surface area contributed by atoms with Crippen molar-refractivity contribution in [2.45, 2.75) is 44.6 Å². The van der Waals surface area contributed by atoms with Crippen molar-refractivity contribution in [3.63, 3.8) is 0 Å². The molecule has 1 aromatic rings. The second kappa shape index (κ2) is 6.88. The summed E-state index contributed by atoms with van der Waals surface area (Å²) >= 11 is 0. The SMILES string of the molecule is CCOc1ccc(S(=O)(=O)N2CC[C@H](C(=O)O)C[C@@H]2C)c(C)c1. The van der Waals surface area contributed by atoms with E-state index in [1.807, 2.05) is 6.92 Å². The smallest absolute Gasteiger partial charge is 0.306 e. The van der Waals surface area contributed by atoms with Crippen LogP contribution >= 0.6 is 0 Å². The fraction of sp³-hybridized carbons (Fsp3) is 0.562. The number of carbonyl (C=O) groups is 1. The van der Waals surface area contributed by atoms with Gasteiger partial charge in [0.15, 0.2) is 0 Å². The molecule has 0 radical (unpaired) electrons. The first-order chi connectivity index (χ1) is 10.8. The number of aryl methyl sites for hydroxylation is 1. The standard InChI is InChI=1S/C16H23NO5S/c1-4-22-14-5-6-15(11(2)9-14)23(20,21)17-8-7-13(16(18)19)10-12(17)3/h5-6,9,12-13H,4,7-8,10H2,1-3H3,(H,18,19)/t12-,13-/m0/s1. The Bertz CT molecular complexity index is 686. The van der Waals surface area contributed by atoms with Gasteiger partial charge in [0.05, 0.1) is 17.4 Å². The molecular weight excluding hydrogens is 318 g/mol. The zero-order valence-corrected chi connectivity index (χ0v) is 14.5. The van der Waals surface area contributed by atoms with E-state index in [2.05, 4.69) is 0 Å². The number of sulfonamides is 1. The minimum absolute atomic E-state index is 0.229. The average Bonchev–Trinajstić information content (AvgIpc) is 2.46. The quantitative estimate of drug-likeness (QED) is 0.888. The summed E-state index contributed by atoms with van der Waals surface area (Å²) in [5.74, 6) is -0.689. The molecule has 1 aliphatic rings. The molecule has 0 spiro atoms. The van der Waals surface area contributed by atoms with E-state index >= 15 is 0 Å². The van der Waals surface area contributed by atoms with Gasteiger partial charge in [-0.2, -0.15) is 4.31 Å². The fourth-order valence-electron chi connectivity index (χ4n) is 3.03. The Morgan fingerprint density at radius 2 is 2.13 bits per heavy atom. The number of carboxylic acids is 1. The molecule has 7 heteroatoms. The fourth-order valence-corrected chi connectivity index (χ4v) is 4.89. The van der Waals surface area contributed by atoms with Gasteiger partial charge in [0.2, 0.25) is 10.0 Å². The third-order valence-corrected chi connectivity index (χ3v) is 6.38. The molecule has 0 aliphatic carbocycles. The Labute approximate surface area is 137 Å². The first kappa shape index (κ1) is 17.7. The highest BCUT2D eigenvalue weighted by Crippen LogP contribution is 2.31. The number of ether oxygens (including phenoxy) is 1. The third kappa shape index (κ3) is 3.67. The summed E-state index contributed by atoms with van der Waals surface area (Å²) in [6, 6.07) is 4.59. The highest BCUT2D eigenvalue weighted by atomic mass is 32.2. The second-order valence-electron chi connectivity index (χ2n) is 5.88. The van der Waals surface area contributed by atoms with Crippen molar-refractivity contribution in [1.82, 2.24) is 4.31 Å². The number of aliphatic carboxylic acids is 1. The van der Waals surface area contributed by atoms with Gasteiger partial charge in [-0.15, -0.1) is 0 Å². The number of hydrogen-bond donors (Lipinski definition) is 1. The lowest BCUT2D eigenvalue weighted by Crippen LogP contribution is -2.46. The van der Waals surface area contributed by atoms with E-state index in [0.717, 1.165) is 0 Å². The lowest BCUT2D eigenvalue weighted by atomic mass is 9.93. The van der Waals surface area contributed by atoms with Gasteiger partial charge < -0.3 is 9.84 Å². The second-order valence-corrected chi connectivity index (χ2v) is 7.74. The number of carboxylic acid groups (broad SMARTS) is 1. The van der Waals surface area contributed by atoms with E-state index in [0.29, 0.717) is 30.8 Å². The minimum Gasteiger partial charge on any atom is -0.494 e. The first-order valence-electron chi connectivity index (χ1n) is 7.75. The molecule has 0 unspecified atom stereocenters. The van der Waals surface area contributed by atoms with Crippen molar-refractivity contribution in [2.24, 2.45) is 5.92 Å². The molecular formula is C16H23NO5S. The van der Waals surface area contributed by atoms with Crippen LogP contribution in [0, 0.1) is 12.8 Å². The van der Waals surface area contributed by atoms with Crippen LogP contribution in [0.15, 0.2) is 23.1 Å². The van der Waals surface area contributed by atoms with Crippen LogP contribution in [0.4, 0.5) is 0 Å². The number of piperidine rings is 1. The van der Waals surface area contributed by atoms with Gasteiger partial charge in [0.1, 0.15) is 5.75 Å². The molecule has 1 aliphatic heterocycles. The topological polar surface area (TPSA) is 83.9 Å². The van der Waals surface area contributed by atoms with E-state index in [1.165, 1.54) is 4.31 Å². The van der Waals surface area contributed by atoms with E-state index < -0.39 is 21.9 Å². The lowest BCUT2D eigenvalue weighted by molar-refractivity contribution is -0.143. The summed E-state index contributed by atoms with van der Waals surface area (Å²) in [5.41, 5.74) is 0.628. The molecule has 1 saturated heterocycles. The van der Waals surface area contributed by atoms with Crippen LogP contribution in [0.3, 0.4) is 0 Å². The molecule has 6 nitrogen and oxygen atoms in total. The van der Waals surface area contributed by atoms with Crippen LogP contribution < -0.4 is 4.74 Å². The number of rotatable bonds is 5. The highest BCUT2D eigenvalue weighted by molar-refractivity contribution is 7.89. The molecule has 2 atom stereocenters. The highest BCUT2D eigenvalue weighted by Gasteiger charge is 2.37. The van der Waals surface area contributed by atoms with E-state index in [-0.39, 0.29) is 17.5 Å². The van der Waals surface area contributed by atoms with Crippen LogP contribution in [0.25, 0.3) is 0 Å². The van der Waals surface area contributed by atoms with Gasteiger partial charge in [0, 0.05) is 12.6 Å². The zero-order valence-electron chi connectivity index (χ0n) is 13.7. The molecule has 1 N–H and O–H groups in total. The predicted molar refractivity (Wildman–Crippen MR) is 86.1 cm³/mol. The molecule has 128 valence electrons. The van der Waals surface area contributed by atoms with Crippen LogP contribution in [0.5, 0.6) is 5.75 Å². The van der Waals surface area contributed by atoms with Crippen molar-refractivity contribution in [3.8, 4) is 5.75 Å². The number of hydrogen-bond acceptors (Lipinski definition) is 4. The molecule has 2 rings (SSSR count). The Morgan fingerprint density at radius 3 is 2.65 bits per heavy atom. The summed E-state index contributed by atoms with van der Waals surface area (Å²) in [6.07, 6.45) is 0.680. The van der Waals surface area contributed by atoms with Crippen molar-refractivity contribution in [1.29, 1.82) is 0 Å². The summed E-state index contributed by atoms with van der Waals surface area (Å²) in [5, 5.41) is 9.11. The number of nitrogens with zero attached hydrogens (tertiary/aromatic N) is 1. The molecule has 0 amide bonds. The van der Waals surface area contributed by atoms with Gasteiger partial charge in [-0.05, 0) is 57.4 Å². The maximum absolute atomic E-state index is 12.9. The maximum Gasteiger partial charge on any atom is 0.306 e. The summed E-state index contributed by atoms with van der Waals surface area (Å²) < 4.78 is 32.6. The minimum atomic E-state index is -3.64. The van der Waals surface area contributed by atoms with Crippen LogP contribution in [0.1, 0.15) is 32.3 Å². The molecule has 0 bridgehead atoms. The van der Waals surface area contributed by atoms with Gasteiger partial charge in [0.25, 0.3) is 0 Å². The maximum atomic E-state index is 12.9. The van der Waals surface area contributed by atoms with E-state index in [9.17, 15) is 13.2 Å². The largest absolute Gasteiger partial charge is 0.494 e. The number of benzene rings is 1. The predicted octanol–water partition coefficient (Wildman–Crippen LogP) is 2.27. The van der Waals surface area contributed by atoms with Crippen molar-refractivity contribution >= 4 is 16.0 Å². The van der Waals surface area contributed by atoms with E-state index in [4.69, 9.17) is 9.84 Å². The molecule has 0 aromatic heterocycles. The summed E-state index contributed by atoms with van der Waals surface area (Å²) in [4.78, 5) is 11.3. The third-order valence-electron chi connectivity index (χ3n) is 4.21. The Morgan fingerprint density at radius 1 is 1.43 bits per heavy atom. The van der Waals surface area contributed by atoms with Crippen molar-refractivity contribution in [3.05, 3.63) is 23.8 Å². The van der Waals surface area contributed by atoms with Crippen LogP contribution in [-0.2, 0) is 14.8 Å². The average molecular weight is 341 g/mol. The molecule has 1 aromatic carbocycles. The normalized spacial score (nSPS) is 22.7. The van der Waals surface area contributed by atoms with Gasteiger partial charge >= 0.3 is 5.97 Å².